The van der Waals surface area contributed by atoms with Crippen LogP contribution in [0.1, 0.15) is 0 Å². The number of aromatic nitrogens is 5. The largest absolute Gasteiger partial charge is 0.468 e. The maximum Gasteiger partial charge on any atom is 0.468 e. The van der Waals surface area contributed by atoms with Crippen molar-refractivity contribution < 1.29 is 9.61 Å². The summed E-state index contributed by atoms with van der Waals surface area (Å²) in [6, 6.07) is 0. The minimum absolute atomic E-state index is 0.00903. The SMILES string of the molecule is Nc1nnc(-[n+]2cc([N+](=O)[O-])c[nH]2)n1N. The summed E-state index contributed by atoms with van der Waals surface area (Å²) in [5.41, 5.74) is 5.23. The third-order valence-electron chi connectivity index (χ3n) is 1.74. The first-order valence-corrected chi connectivity index (χ1v) is 3.80. The number of nitrogens with one attached hydrogen (secondary N) is 1. The van der Waals surface area contributed by atoms with Crippen LogP contribution in [0.25, 0.3) is 5.95 Å². The number of anilines is 1. The molecule has 0 aliphatic carbocycles. The zero-order chi connectivity index (χ0) is 11.0. The van der Waals surface area contributed by atoms with Crippen LogP contribution in [-0.4, -0.2) is 24.9 Å². The highest BCUT2D eigenvalue weighted by molar-refractivity contribution is 5.22. The lowest BCUT2D eigenvalue weighted by molar-refractivity contribution is -0.665. The Hall–Kier alpha value is -2.65. The highest BCUT2D eigenvalue weighted by atomic mass is 16.6. The Morgan fingerprint density at radius 2 is 2.33 bits per heavy atom. The Bertz CT molecular complexity index is 513. The first-order valence-electron chi connectivity index (χ1n) is 3.80. The van der Waals surface area contributed by atoms with E-state index in [4.69, 9.17) is 11.6 Å². The molecule has 0 atom stereocenters. The molecule has 2 heterocycles. The standard InChI is InChI=1S/C5H6N8O2/c6-4-9-10-5(12(4)7)11-2-3(1-8-11)13(14)15/h1-2H,7H2,(H2,6,9)/p+1. The van der Waals surface area contributed by atoms with E-state index >= 15 is 0 Å². The number of rotatable bonds is 2. The van der Waals surface area contributed by atoms with Gasteiger partial charge in [-0.05, 0) is 5.10 Å². The molecule has 0 aliphatic rings. The Balaban J connectivity index is 2.46. The molecule has 0 saturated carbocycles. The van der Waals surface area contributed by atoms with Gasteiger partial charge in [-0.1, -0.05) is 4.68 Å². The van der Waals surface area contributed by atoms with E-state index in [0.29, 0.717) is 0 Å². The molecule has 2 aromatic heterocycles. The van der Waals surface area contributed by atoms with Crippen LogP contribution < -0.4 is 16.3 Å². The maximum absolute atomic E-state index is 10.4. The molecule has 2 rings (SSSR count). The van der Waals surface area contributed by atoms with Crippen LogP contribution in [0.3, 0.4) is 0 Å². The van der Waals surface area contributed by atoms with E-state index in [0.717, 1.165) is 4.68 Å². The van der Waals surface area contributed by atoms with Gasteiger partial charge in [-0.25, -0.2) is 5.10 Å². The number of aromatic amines is 1. The zero-order valence-electron chi connectivity index (χ0n) is 7.36. The van der Waals surface area contributed by atoms with Gasteiger partial charge in [-0.3, -0.25) is 16.0 Å². The molecule has 10 nitrogen and oxygen atoms in total. The molecule has 0 bridgehead atoms. The summed E-state index contributed by atoms with van der Waals surface area (Å²) >= 11 is 0. The van der Waals surface area contributed by atoms with Crippen molar-refractivity contribution in [2.75, 3.05) is 11.6 Å². The van der Waals surface area contributed by atoms with Crippen molar-refractivity contribution in [1.82, 2.24) is 20.0 Å². The van der Waals surface area contributed by atoms with E-state index in [-0.39, 0.29) is 17.6 Å². The third kappa shape index (κ3) is 1.33. The molecule has 2 aromatic rings. The van der Waals surface area contributed by atoms with Crippen molar-refractivity contribution in [2.45, 2.75) is 0 Å². The second kappa shape index (κ2) is 2.94. The molecule has 5 N–H and O–H groups in total. The van der Waals surface area contributed by atoms with Crippen LogP contribution in [0, 0.1) is 10.1 Å². The lowest BCUT2D eigenvalue weighted by Gasteiger charge is -1.89. The summed E-state index contributed by atoms with van der Waals surface area (Å²) in [6.45, 7) is 0. The van der Waals surface area contributed by atoms with Crippen LogP contribution in [0.4, 0.5) is 11.6 Å². The fraction of sp³-hybridized carbons (Fsp3) is 0. The first-order chi connectivity index (χ1) is 7.09. The summed E-state index contributed by atoms with van der Waals surface area (Å²) in [5, 5.41) is 20.1. The topological polar surface area (TPSA) is 146 Å². The fourth-order valence-electron chi connectivity index (χ4n) is 1.02. The average Bonchev–Trinajstić information content (AvgIpc) is 2.76. The van der Waals surface area contributed by atoms with E-state index < -0.39 is 4.92 Å². The number of H-pyrrole nitrogens is 1. The molecular weight excluding hydrogens is 204 g/mol. The monoisotopic (exact) mass is 211 g/mol. The molecule has 0 spiro atoms. The van der Waals surface area contributed by atoms with E-state index in [1.165, 1.54) is 17.1 Å². The fourth-order valence-corrected chi connectivity index (χ4v) is 1.02. The Morgan fingerprint density at radius 3 is 2.80 bits per heavy atom. The van der Waals surface area contributed by atoms with Crippen LogP contribution in [0.5, 0.6) is 0 Å². The molecule has 0 radical (unpaired) electrons. The Labute approximate surface area is 82.2 Å². The van der Waals surface area contributed by atoms with Gasteiger partial charge in [0.05, 0.1) is 10.0 Å². The van der Waals surface area contributed by atoms with E-state index in [9.17, 15) is 10.1 Å². The summed E-state index contributed by atoms with van der Waals surface area (Å²) in [7, 11) is 0. The van der Waals surface area contributed by atoms with Gasteiger partial charge in [0.15, 0.2) is 6.20 Å². The van der Waals surface area contributed by atoms with Gasteiger partial charge >= 0.3 is 17.6 Å². The van der Waals surface area contributed by atoms with E-state index in [1.807, 2.05) is 0 Å². The molecule has 78 valence electrons. The predicted molar refractivity (Wildman–Crippen MR) is 47.1 cm³/mol. The number of hydrogen-bond acceptors (Lipinski definition) is 6. The number of nitrogen functional groups attached to an aromatic ring is 2. The van der Waals surface area contributed by atoms with Crippen LogP contribution in [0.15, 0.2) is 12.4 Å². The van der Waals surface area contributed by atoms with Crippen LogP contribution >= 0.6 is 0 Å². The smallest absolute Gasteiger partial charge is 0.352 e. The lowest BCUT2D eigenvalue weighted by Crippen LogP contribution is -2.37. The van der Waals surface area contributed by atoms with Crippen molar-refractivity contribution in [2.24, 2.45) is 0 Å². The number of nitrogens with two attached hydrogens (primary N) is 2. The second-order valence-corrected chi connectivity index (χ2v) is 2.68. The van der Waals surface area contributed by atoms with Crippen molar-refractivity contribution in [3.8, 4) is 5.95 Å². The number of hydrogen-bond donors (Lipinski definition) is 3. The van der Waals surface area contributed by atoms with Gasteiger partial charge in [0.2, 0.25) is 0 Å². The van der Waals surface area contributed by atoms with Crippen molar-refractivity contribution >= 4 is 11.6 Å². The average molecular weight is 211 g/mol. The Kier molecular flexibility index (Phi) is 1.75. The van der Waals surface area contributed by atoms with Gasteiger partial charge in [-0.15, -0.1) is 4.68 Å². The van der Waals surface area contributed by atoms with Crippen molar-refractivity contribution in [3.63, 3.8) is 0 Å². The molecule has 0 saturated heterocycles. The van der Waals surface area contributed by atoms with Gasteiger partial charge in [-0.2, -0.15) is 0 Å². The van der Waals surface area contributed by atoms with Crippen LogP contribution in [0.2, 0.25) is 0 Å². The normalized spacial score (nSPS) is 10.4. The van der Waals surface area contributed by atoms with E-state index in [1.54, 1.807) is 0 Å². The highest BCUT2D eigenvalue weighted by Crippen LogP contribution is 2.05. The molecular formula is C5H7N8O2+. The summed E-state index contributed by atoms with van der Waals surface area (Å²) in [5.74, 6) is 5.64. The van der Waals surface area contributed by atoms with Gasteiger partial charge < -0.3 is 5.73 Å². The second-order valence-electron chi connectivity index (χ2n) is 2.68. The molecule has 10 heteroatoms. The minimum atomic E-state index is -0.548. The first kappa shape index (κ1) is 8.93. The molecule has 0 aromatic carbocycles. The lowest BCUT2D eigenvalue weighted by atomic mass is 10.6. The summed E-state index contributed by atoms with van der Waals surface area (Å²) in [4.78, 5) is 9.86. The highest BCUT2D eigenvalue weighted by Gasteiger charge is 2.22. The maximum atomic E-state index is 10.4. The van der Waals surface area contributed by atoms with Crippen molar-refractivity contribution in [3.05, 3.63) is 22.5 Å². The molecule has 0 unspecified atom stereocenters. The molecule has 15 heavy (non-hydrogen) atoms. The number of nitro groups is 1. The van der Waals surface area contributed by atoms with Gasteiger partial charge in [0.1, 0.15) is 6.20 Å². The predicted octanol–water partition coefficient (Wildman–Crippen LogP) is -1.91. The number of nitrogens with zero attached hydrogens (tertiary/aromatic N) is 5. The van der Waals surface area contributed by atoms with Gasteiger partial charge in [0.25, 0.3) is 0 Å². The summed E-state index contributed by atoms with van der Waals surface area (Å²) < 4.78 is 2.24. The Morgan fingerprint density at radius 1 is 1.60 bits per heavy atom. The quantitative estimate of drug-likeness (QED) is 0.228. The molecule has 0 fully saturated rings. The minimum Gasteiger partial charge on any atom is -0.352 e. The van der Waals surface area contributed by atoms with E-state index in [2.05, 4.69) is 15.3 Å². The summed E-state index contributed by atoms with van der Waals surface area (Å²) in [6.07, 6.45) is 2.41. The third-order valence-corrected chi connectivity index (χ3v) is 1.74. The molecule has 0 aliphatic heterocycles. The van der Waals surface area contributed by atoms with Crippen molar-refractivity contribution in [1.29, 1.82) is 0 Å². The zero-order valence-corrected chi connectivity index (χ0v) is 7.36. The van der Waals surface area contributed by atoms with Gasteiger partial charge in [0, 0.05) is 0 Å². The molecule has 0 amide bonds. The van der Waals surface area contributed by atoms with Crippen LogP contribution in [-0.2, 0) is 0 Å².